The van der Waals surface area contributed by atoms with Crippen LogP contribution in [0.15, 0.2) is 174 Å². The van der Waals surface area contributed by atoms with Crippen molar-refractivity contribution in [1.82, 2.24) is 19.1 Å². The van der Waals surface area contributed by atoms with E-state index in [0.717, 1.165) is 55.6 Å². The Kier molecular flexibility index (Phi) is 5.89. The number of hydrogen-bond acceptors (Lipinski definition) is 3. The molecule has 0 aliphatic rings. The van der Waals surface area contributed by atoms with Crippen molar-refractivity contribution in [2.45, 2.75) is 0 Å². The summed E-state index contributed by atoms with van der Waals surface area (Å²) in [7, 11) is 0. The Hall–Kier alpha value is -6.98. The van der Waals surface area contributed by atoms with Crippen molar-refractivity contribution in [2.75, 3.05) is 0 Å². The molecule has 0 aliphatic heterocycles. The molecular formula is C46H28N4O. The molecule has 5 nitrogen and oxygen atoms in total. The molecule has 11 aromatic rings. The summed E-state index contributed by atoms with van der Waals surface area (Å²) in [5.74, 6) is 0.628. The number of benzene rings is 7. The van der Waals surface area contributed by atoms with E-state index in [0.29, 0.717) is 11.5 Å². The maximum atomic E-state index is 6.42. The monoisotopic (exact) mass is 652 g/mol. The van der Waals surface area contributed by atoms with Crippen molar-refractivity contribution in [1.29, 1.82) is 0 Å². The molecule has 7 aromatic carbocycles. The highest BCUT2D eigenvalue weighted by molar-refractivity contribution is 6.26. The van der Waals surface area contributed by atoms with E-state index < -0.39 is 0 Å². The van der Waals surface area contributed by atoms with Gasteiger partial charge in [-0.2, -0.15) is 4.98 Å². The summed E-state index contributed by atoms with van der Waals surface area (Å²) in [6, 6.07) is 59.6. The van der Waals surface area contributed by atoms with Gasteiger partial charge in [0, 0.05) is 43.7 Å². The molecule has 0 saturated carbocycles. The maximum absolute atomic E-state index is 6.42. The van der Waals surface area contributed by atoms with Gasteiger partial charge < -0.3 is 13.6 Å². The van der Waals surface area contributed by atoms with Crippen LogP contribution in [-0.2, 0) is 0 Å². The van der Waals surface area contributed by atoms with E-state index in [-0.39, 0.29) is 0 Å². The number of para-hydroxylation sites is 5. The fraction of sp³-hybridized carbons (Fsp3) is 0. The quantitative estimate of drug-likeness (QED) is 0.190. The topological polar surface area (TPSA) is 48.8 Å². The molecule has 0 saturated heterocycles. The molecule has 51 heavy (non-hydrogen) atoms. The second-order valence-electron chi connectivity index (χ2n) is 13.0. The SMILES string of the molecule is c1ccc(-c2nc(-c3ccccc3-n3c4ccccc4c4c3ccc3c5ccccc5n(-c5ccccc5)c34)c3c(n2)oc2ccccc23)cc1. The van der Waals surface area contributed by atoms with Gasteiger partial charge in [-0.25, -0.2) is 4.98 Å². The van der Waals surface area contributed by atoms with E-state index in [2.05, 4.69) is 130 Å². The standard InChI is InChI=1S/C46H28N4O/c1-3-15-29(16-4-1)45-47-43(42-35-22-10-14-26-40(35)51-46(42)48-45)34-21-9-13-25-38(34)50-37-24-12-8-20-33(37)41-39(50)28-27-32-31-19-7-11-23-36(31)49(44(32)41)30-17-5-2-6-18-30/h1-28H. The summed E-state index contributed by atoms with van der Waals surface area (Å²) in [5, 5.41) is 6.77. The van der Waals surface area contributed by atoms with Crippen LogP contribution < -0.4 is 0 Å². The van der Waals surface area contributed by atoms with Gasteiger partial charge >= 0.3 is 0 Å². The van der Waals surface area contributed by atoms with E-state index in [4.69, 9.17) is 14.4 Å². The minimum atomic E-state index is 0.575. The van der Waals surface area contributed by atoms with E-state index >= 15 is 0 Å². The van der Waals surface area contributed by atoms with Crippen LogP contribution in [-0.4, -0.2) is 19.1 Å². The van der Waals surface area contributed by atoms with Crippen LogP contribution in [0.25, 0.3) is 99.7 Å². The highest BCUT2D eigenvalue weighted by atomic mass is 16.3. The first-order valence-electron chi connectivity index (χ1n) is 17.2. The summed E-state index contributed by atoms with van der Waals surface area (Å²) >= 11 is 0. The first-order chi connectivity index (χ1) is 25.3. The van der Waals surface area contributed by atoms with Crippen molar-refractivity contribution < 1.29 is 4.42 Å². The lowest BCUT2D eigenvalue weighted by molar-refractivity contribution is 0.653. The third kappa shape index (κ3) is 4.03. The van der Waals surface area contributed by atoms with Gasteiger partial charge in [0.15, 0.2) is 5.82 Å². The number of fused-ring (bicyclic) bond motifs is 10. The summed E-state index contributed by atoms with van der Waals surface area (Å²) in [4.78, 5) is 10.3. The maximum Gasteiger partial charge on any atom is 0.231 e. The Balaban J connectivity index is 1.28. The number of rotatable bonds is 4. The van der Waals surface area contributed by atoms with Gasteiger partial charge in [0.1, 0.15) is 5.58 Å². The van der Waals surface area contributed by atoms with Crippen molar-refractivity contribution in [3.8, 4) is 34.0 Å². The van der Waals surface area contributed by atoms with Gasteiger partial charge in [-0.05, 0) is 42.5 Å². The Bertz CT molecular complexity index is 3130. The fourth-order valence-corrected chi connectivity index (χ4v) is 8.02. The summed E-state index contributed by atoms with van der Waals surface area (Å²) in [6.07, 6.45) is 0. The van der Waals surface area contributed by atoms with Crippen molar-refractivity contribution in [2.24, 2.45) is 0 Å². The van der Waals surface area contributed by atoms with Crippen LogP contribution in [0.2, 0.25) is 0 Å². The highest BCUT2D eigenvalue weighted by Gasteiger charge is 2.24. The zero-order valence-electron chi connectivity index (χ0n) is 27.4. The lowest BCUT2D eigenvalue weighted by Gasteiger charge is -2.15. The number of hydrogen-bond donors (Lipinski definition) is 0. The molecule has 4 heterocycles. The van der Waals surface area contributed by atoms with E-state index in [9.17, 15) is 0 Å². The first-order valence-corrected chi connectivity index (χ1v) is 17.2. The van der Waals surface area contributed by atoms with Crippen molar-refractivity contribution in [3.05, 3.63) is 170 Å². The molecule has 238 valence electrons. The molecule has 0 amide bonds. The van der Waals surface area contributed by atoms with Gasteiger partial charge in [-0.15, -0.1) is 0 Å². The van der Waals surface area contributed by atoms with Crippen LogP contribution in [0.5, 0.6) is 0 Å². The third-order valence-electron chi connectivity index (χ3n) is 10.2. The first kappa shape index (κ1) is 27.9. The molecule has 0 bridgehead atoms. The van der Waals surface area contributed by atoms with Gasteiger partial charge in [0.2, 0.25) is 5.71 Å². The van der Waals surface area contributed by atoms with Crippen LogP contribution >= 0.6 is 0 Å². The van der Waals surface area contributed by atoms with Crippen molar-refractivity contribution in [3.63, 3.8) is 0 Å². The summed E-state index contributed by atoms with van der Waals surface area (Å²) in [5.41, 5.74) is 11.0. The normalized spacial score (nSPS) is 11.9. The number of nitrogens with zero attached hydrogens (tertiary/aromatic N) is 4. The molecule has 11 rings (SSSR count). The van der Waals surface area contributed by atoms with E-state index in [1.807, 2.05) is 48.5 Å². The Labute approximate surface area is 292 Å². The molecule has 0 aliphatic carbocycles. The average Bonchev–Trinajstić information content (AvgIpc) is 3.86. The van der Waals surface area contributed by atoms with Crippen LogP contribution in [0.3, 0.4) is 0 Å². The molecule has 0 radical (unpaired) electrons. The Morgan fingerprint density at radius 2 is 1.08 bits per heavy atom. The largest absolute Gasteiger partial charge is 0.438 e. The summed E-state index contributed by atoms with van der Waals surface area (Å²) < 4.78 is 11.3. The smallest absolute Gasteiger partial charge is 0.231 e. The minimum absolute atomic E-state index is 0.575. The summed E-state index contributed by atoms with van der Waals surface area (Å²) in [6.45, 7) is 0. The Morgan fingerprint density at radius 3 is 1.90 bits per heavy atom. The lowest BCUT2D eigenvalue weighted by Crippen LogP contribution is -2.00. The molecule has 0 spiro atoms. The van der Waals surface area contributed by atoms with Gasteiger partial charge in [-0.1, -0.05) is 127 Å². The molecular weight excluding hydrogens is 625 g/mol. The minimum Gasteiger partial charge on any atom is -0.438 e. The fourth-order valence-electron chi connectivity index (χ4n) is 8.02. The number of aromatic nitrogens is 4. The van der Waals surface area contributed by atoms with E-state index in [1.54, 1.807) is 0 Å². The van der Waals surface area contributed by atoms with Gasteiger partial charge in [0.25, 0.3) is 0 Å². The average molecular weight is 653 g/mol. The molecule has 0 unspecified atom stereocenters. The third-order valence-corrected chi connectivity index (χ3v) is 10.2. The molecule has 4 aromatic heterocycles. The Morgan fingerprint density at radius 1 is 0.431 bits per heavy atom. The molecule has 5 heteroatoms. The second kappa shape index (κ2) is 10.8. The van der Waals surface area contributed by atoms with Gasteiger partial charge in [0.05, 0.1) is 38.8 Å². The highest BCUT2D eigenvalue weighted by Crippen LogP contribution is 2.44. The molecule has 0 atom stereocenters. The zero-order chi connectivity index (χ0) is 33.5. The van der Waals surface area contributed by atoms with E-state index in [1.165, 1.54) is 32.6 Å². The van der Waals surface area contributed by atoms with Crippen molar-refractivity contribution >= 4 is 65.7 Å². The van der Waals surface area contributed by atoms with Gasteiger partial charge in [-0.3, -0.25) is 0 Å². The second-order valence-corrected chi connectivity index (χ2v) is 13.0. The zero-order valence-corrected chi connectivity index (χ0v) is 27.4. The number of furan rings is 1. The van der Waals surface area contributed by atoms with Crippen LogP contribution in [0, 0.1) is 0 Å². The molecule has 0 fully saturated rings. The lowest BCUT2D eigenvalue weighted by atomic mass is 10.0. The predicted octanol–water partition coefficient (Wildman–Crippen LogP) is 11.9. The predicted molar refractivity (Wildman–Crippen MR) is 209 cm³/mol. The van der Waals surface area contributed by atoms with Crippen LogP contribution in [0.1, 0.15) is 0 Å². The van der Waals surface area contributed by atoms with Crippen LogP contribution in [0.4, 0.5) is 0 Å². The molecule has 0 N–H and O–H groups in total.